The minimum atomic E-state index is -0.720. The van der Waals surface area contributed by atoms with Crippen molar-refractivity contribution in [2.45, 2.75) is 93.8 Å². The Hall–Kier alpha value is -1.80. The van der Waals surface area contributed by atoms with E-state index in [0.29, 0.717) is 13.0 Å². The highest BCUT2D eigenvalue weighted by Gasteiger charge is 2.77. The second kappa shape index (κ2) is 11.5. The first-order valence-electron chi connectivity index (χ1n) is 14.0. The smallest absolute Gasteiger partial charge is 0.310 e. The molecule has 3 aliphatic heterocycles. The number of rotatable bonds is 11. The van der Waals surface area contributed by atoms with Crippen molar-refractivity contribution in [2.75, 3.05) is 19.8 Å². The van der Waals surface area contributed by atoms with Crippen molar-refractivity contribution in [2.24, 2.45) is 23.7 Å². The molecule has 1 N–H and O–H groups in total. The average Bonchev–Trinajstić information content (AvgIpc) is 3.47. The molecule has 1 aliphatic carbocycles. The van der Waals surface area contributed by atoms with Crippen LogP contribution in [0.4, 0.5) is 0 Å². The predicted octanol–water partition coefficient (Wildman–Crippen LogP) is 3.81. The number of esters is 1. The van der Waals surface area contributed by atoms with Crippen LogP contribution in [0.2, 0.25) is 0 Å². The van der Waals surface area contributed by atoms with E-state index in [-0.39, 0.29) is 54.1 Å². The van der Waals surface area contributed by atoms with Gasteiger partial charge in [0, 0.05) is 17.8 Å². The number of amides is 2. The molecule has 0 aromatic carbocycles. The molecule has 37 heavy (non-hydrogen) atoms. The van der Waals surface area contributed by atoms with Gasteiger partial charge in [-0.3, -0.25) is 14.4 Å². The summed E-state index contributed by atoms with van der Waals surface area (Å²) in [5.41, 5.74) is 0. The third-order valence-electron chi connectivity index (χ3n) is 9.19. The lowest BCUT2D eigenvalue weighted by atomic mass is 9.66. The molecule has 1 spiro atoms. The first-order valence-corrected chi connectivity index (χ1v) is 14.9. The second-order valence-electron chi connectivity index (χ2n) is 11.6. The highest BCUT2D eigenvalue weighted by Crippen LogP contribution is 2.69. The van der Waals surface area contributed by atoms with Gasteiger partial charge in [0.1, 0.15) is 6.04 Å². The Kier molecular flexibility index (Phi) is 8.79. The van der Waals surface area contributed by atoms with Crippen LogP contribution in [0.5, 0.6) is 0 Å². The average molecular weight is 533 g/mol. The van der Waals surface area contributed by atoms with Crippen LogP contribution in [-0.2, 0) is 19.1 Å². The van der Waals surface area contributed by atoms with Crippen molar-refractivity contribution in [3.8, 4) is 0 Å². The molecule has 3 heterocycles. The Morgan fingerprint density at radius 2 is 1.95 bits per heavy atom. The molecule has 2 amide bonds. The maximum atomic E-state index is 14.7. The fourth-order valence-corrected chi connectivity index (χ4v) is 9.82. The summed E-state index contributed by atoms with van der Waals surface area (Å²) in [6.45, 7) is 14.1. The molecule has 4 rings (SSSR count). The Bertz CT molecular complexity index is 903. The van der Waals surface area contributed by atoms with Crippen molar-refractivity contribution < 1.29 is 24.2 Å². The van der Waals surface area contributed by atoms with E-state index < -0.39 is 28.7 Å². The molecule has 7 atom stereocenters. The Morgan fingerprint density at radius 3 is 2.54 bits per heavy atom. The van der Waals surface area contributed by atoms with Crippen LogP contribution < -0.4 is 0 Å². The van der Waals surface area contributed by atoms with Crippen molar-refractivity contribution in [3.63, 3.8) is 0 Å². The lowest BCUT2D eigenvalue weighted by Gasteiger charge is -2.44. The third-order valence-corrected chi connectivity index (χ3v) is 11.3. The fourth-order valence-electron chi connectivity index (χ4n) is 7.43. The molecule has 4 fully saturated rings. The molecule has 0 radical (unpaired) electrons. The summed E-state index contributed by atoms with van der Waals surface area (Å²) >= 11 is 1.66. The standard InChI is InChI=1S/C29H44N2O5S/c1-6-8-15-36-28(35)23-22-16-19(5)29(37-22)24(23)26(33)31(21(17-32)18(3)4)25(29)27(34)30(14-7-2)20-12-10-9-11-13-20/h6-7,18-25,32H,1-2,8-17H2,3-5H3/t19?,21-,22-,23+,24-,25?,29?/m0/s1. The first-order chi connectivity index (χ1) is 17.7. The zero-order valence-electron chi connectivity index (χ0n) is 22.6. The highest BCUT2D eigenvalue weighted by molar-refractivity contribution is 8.02. The van der Waals surface area contributed by atoms with Gasteiger partial charge in [-0.1, -0.05) is 52.2 Å². The molecule has 8 heteroatoms. The van der Waals surface area contributed by atoms with Crippen LogP contribution in [0.1, 0.15) is 65.7 Å². The van der Waals surface area contributed by atoms with Gasteiger partial charge in [-0.15, -0.1) is 24.9 Å². The monoisotopic (exact) mass is 532 g/mol. The maximum Gasteiger partial charge on any atom is 0.310 e. The highest BCUT2D eigenvalue weighted by atomic mass is 32.2. The van der Waals surface area contributed by atoms with Crippen molar-refractivity contribution >= 4 is 29.5 Å². The quantitative estimate of drug-likeness (QED) is 0.247. The number of hydrogen-bond acceptors (Lipinski definition) is 6. The minimum absolute atomic E-state index is 0.0440. The largest absolute Gasteiger partial charge is 0.465 e. The topological polar surface area (TPSA) is 87.2 Å². The predicted molar refractivity (Wildman–Crippen MR) is 146 cm³/mol. The van der Waals surface area contributed by atoms with Crippen LogP contribution in [0.25, 0.3) is 0 Å². The molecule has 7 nitrogen and oxygen atoms in total. The van der Waals surface area contributed by atoms with Crippen LogP contribution in [0.15, 0.2) is 25.3 Å². The summed E-state index contributed by atoms with van der Waals surface area (Å²) in [5.74, 6) is -1.75. The first kappa shape index (κ1) is 28.2. The number of fused-ring (bicyclic) bond motifs is 1. The molecule has 3 unspecified atom stereocenters. The van der Waals surface area contributed by atoms with Gasteiger partial charge >= 0.3 is 5.97 Å². The Morgan fingerprint density at radius 1 is 1.24 bits per heavy atom. The normalized spacial score (nSPS) is 33.9. The molecule has 0 aromatic heterocycles. The number of aliphatic hydroxyl groups excluding tert-OH is 1. The number of carbonyl (C=O) groups excluding carboxylic acids is 3. The molecule has 1 saturated carbocycles. The summed E-state index contributed by atoms with van der Waals surface area (Å²) in [4.78, 5) is 46.0. The van der Waals surface area contributed by atoms with Gasteiger partial charge in [-0.2, -0.15) is 0 Å². The summed E-state index contributed by atoms with van der Waals surface area (Å²) in [7, 11) is 0. The van der Waals surface area contributed by atoms with E-state index >= 15 is 0 Å². The van der Waals surface area contributed by atoms with E-state index in [2.05, 4.69) is 20.1 Å². The van der Waals surface area contributed by atoms with Gasteiger partial charge in [-0.25, -0.2) is 0 Å². The molecule has 206 valence electrons. The number of nitrogens with zero attached hydrogens (tertiary/aromatic N) is 2. The lowest BCUT2D eigenvalue weighted by molar-refractivity contribution is -0.155. The molecule has 0 aromatic rings. The Balaban J connectivity index is 1.78. The molecule has 3 saturated heterocycles. The van der Waals surface area contributed by atoms with Gasteiger partial charge in [0.2, 0.25) is 11.8 Å². The summed E-state index contributed by atoms with van der Waals surface area (Å²) in [6.07, 6.45) is 10.1. The van der Waals surface area contributed by atoms with Crippen LogP contribution in [-0.4, -0.2) is 80.6 Å². The lowest BCUT2D eigenvalue weighted by Crippen LogP contribution is -2.61. The number of aliphatic hydroxyl groups is 1. The summed E-state index contributed by atoms with van der Waals surface area (Å²) in [6, 6.07) is -1.10. The van der Waals surface area contributed by atoms with E-state index in [0.717, 1.165) is 32.1 Å². The summed E-state index contributed by atoms with van der Waals surface area (Å²) < 4.78 is 4.89. The maximum absolute atomic E-state index is 14.7. The van der Waals surface area contributed by atoms with E-state index in [1.165, 1.54) is 6.42 Å². The molecule has 2 bridgehead atoms. The van der Waals surface area contributed by atoms with Crippen molar-refractivity contribution in [1.82, 2.24) is 9.80 Å². The minimum Gasteiger partial charge on any atom is -0.465 e. The van der Waals surface area contributed by atoms with E-state index in [9.17, 15) is 19.5 Å². The zero-order chi connectivity index (χ0) is 26.9. The van der Waals surface area contributed by atoms with Gasteiger partial charge in [0.05, 0.1) is 35.8 Å². The fraction of sp³-hybridized carbons (Fsp3) is 0.759. The van der Waals surface area contributed by atoms with Crippen LogP contribution >= 0.6 is 11.8 Å². The van der Waals surface area contributed by atoms with Crippen LogP contribution in [0.3, 0.4) is 0 Å². The number of carbonyl (C=O) groups is 3. The number of thioether (sulfide) groups is 1. The van der Waals surface area contributed by atoms with Crippen molar-refractivity contribution in [3.05, 3.63) is 25.3 Å². The SMILES string of the molecule is C=CCCOC(=O)[C@@H]1[C@@H]2CC(C)C3(S2)C(C(=O)N(CC=C)C2CCCCC2)N([C@@H](CO)C(C)C)C(=O)[C@H]13. The summed E-state index contributed by atoms with van der Waals surface area (Å²) in [5, 5.41) is 10.4. The number of likely N-dealkylation sites (tertiary alicyclic amines) is 1. The number of hydrogen-bond donors (Lipinski definition) is 1. The van der Waals surface area contributed by atoms with Gasteiger partial charge in [0.15, 0.2) is 0 Å². The van der Waals surface area contributed by atoms with Gasteiger partial charge < -0.3 is 19.6 Å². The van der Waals surface area contributed by atoms with Gasteiger partial charge in [0.25, 0.3) is 0 Å². The van der Waals surface area contributed by atoms with Crippen molar-refractivity contribution in [1.29, 1.82) is 0 Å². The number of ether oxygens (including phenoxy) is 1. The molecular weight excluding hydrogens is 488 g/mol. The van der Waals surface area contributed by atoms with E-state index in [4.69, 9.17) is 4.74 Å². The van der Waals surface area contributed by atoms with E-state index in [1.807, 2.05) is 18.7 Å². The van der Waals surface area contributed by atoms with E-state index in [1.54, 1.807) is 28.8 Å². The second-order valence-corrected chi connectivity index (χ2v) is 13.2. The molecule has 4 aliphatic rings. The third kappa shape index (κ3) is 4.66. The van der Waals surface area contributed by atoms with Crippen LogP contribution in [0, 0.1) is 23.7 Å². The van der Waals surface area contributed by atoms with Gasteiger partial charge in [-0.05, 0) is 37.5 Å². The zero-order valence-corrected chi connectivity index (χ0v) is 23.5. The molecular formula is C29H44N2O5S. The Labute approximate surface area is 226 Å².